The highest BCUT2D eigenvalue weighted by molar-refractivity contribution is 9.12. The van der Waals surface area contributed by atoms with E-state index in [0.29, 0.717) is 9.51 Å². The lowest BCUT2D eigenvalue weighted by atomic mass is 10.6. The second kappa shape index (κ2) is 2.43. The topological polar surface area (TPSA) is 0 Å². The molecule has 0 amide bonds. The maximum Gasteiger partial charge on any atom is 0.0470 e. The standard InChI is InChI=1S/C4H4BrCl/c1-3(5)4(2)6/h1-2H2. The molecule has 0 spiro atoms. The molecule has 0 rings (SSSR count). The fraction of sp³-hybridized carbons (Fsp3) is 0. The SMILES string of the molecule is C=C(Cl)C(=C)Br. The summed E-state index contributed by atoms with van der Waals surface area (Å²) in [5, 5.41) is 0.454. The van der Waals surface area contributed by atoms with Gasteiger partial charge in [-0.05, 0) is 15.9 Å². The second-order valence-electron chi connectivity index (χ2n) is 0.810. The third-order valence-corrected chi connectivity index (χ3v) is 1.23. The van der Waals surface area contributed by atoms with Gasteiger partial charge >= 0.3 is 0 Å². The molecule has 0 fully saturated rings. The van der Waals surface area contributed by atoms with E-state index in [1.54, 1.807) is 0 Å². The lowest BCUT2D eigenvalue weighted by Gasteiger charge is -1.82. The molecule has 0 saturated carbocycles. The van der Waals surface area contributed by atoms with Crippen molar-refractivity contribution in [3.05, 3.63) is 22.7 Å². The fourth-order valence-corrected chi connectivity index (χ4v) is 0. The van der Waals surface area contributed by atoms with Gasteiger partial charge in [0.05, 0.1) is 0 Å². The second-order valence-corrected chi connectivity index (χ2v) is 2.22. The van der Waals surface area contributed by atoms with Crippen LogP contribution in [0.25, 0.3) is 0 Å². The molecule has 0 aliphatic carbocycles. The maximum absolute atomic E-state index is 5.27. The lowest BCUT2D eigenvalue weighted by molar-refractivity contribution is 1.98. The first kappa shape index (κ1) is 6.25. The third-order valence-electron chi connectivity index (χ3n) is 0.294. The molecular weight excluding hydrogens is 163 g/mol. The average Bonchev–Trinajstić information content (AvgIpc) is 1.36. The van der Waals surface area contributed by atoms with Gasteiger partial charge < -0.3 is 0 Å². The third kappa shape index (κ3) is 2.49. The van der Waals surface area contributed by atoms with Crippen LogP contribution in [0, 0.1) is 0 Å². The van der Waals surface area contributed by atoms with Crippen molar-refractivity contribution >= 4 is 27.5 Å². The van der Waals surface area contributed by atoms with Gasteiger partial charge in [-0.25, -0.2) is 0 Å². The molecular formula is C4H4BrCl. The zero-order valence-electron chi connectivity index (χ0n) is 3.17. The van der Waals surface area contributed by atoms with Crippen molar-refractivity contribution in [2.45, 2.75) is 0 Å². The fourth-order valence-electron chi connectivity index (χ4n) is 0. The monoisotopic (exact) mass is 166 g/mol. The molecule has 0 atom stereocenters. The Labute approximate surface area is 50.6 Å². The van der Waals surface area contributed by atoms with Crippen molar-refractivity contribution in [1.82, 2.24) is 0 Å². The van der Waals surface area contributed by atoms with Crippen LogP contribution in [-0.2, 0) is 0 Å². The van der Waals surface area contributed by atoms with Gasteiger partial charge in [-0.2, -0.15) is 0 Å². The molecule has 0 nitrogen and oxygen atoms in total. The molecule has 2 heteroatoms. The molecule has 0 aromatic carbocycles. The number of halogens is 2. The van der Waals surface area contributed by atoms with Crippen molar-refractivity contribution in [2.75, 3.05) is 0 Å². The number of allylic oxidation sites excluding steroid dienone is 2. The Balaban J connectivity index is 3.57. The van der Waals surface area contributed by atoms with E-state index in [9.17, 15) is 0 Å². The molecule has 0 aliphatic rings. The molecule has 0 heterocycles. The molecule has 34 valence electrons. The summed E-state index contributed by atoms with van der Waals surface area (Å²) in [5.41, 5.74) is 0. The van der Waals surface area contributed by atoms with Crippen LogP contribution in [0.4, 0.5) is 0 Å². The van der Waals surface area contributed by atoms with E-state index in [-0.39, 0.29) is 0 Å². The predicted octanol–water partition coefficient (Wildman–Crippen LogP) is 2.65. The van der Waals surface area contributed by atoms with E-state index < -0.39 is 0 Å². The minimum absolute atomic E-state index is 0.454. The zero-order chi connectivity index (χ0) is 5.15. The van der Waals surface area contributed by atoms with Gasteiger partial charge in [-0.3, -0.25) is 0 Å². The highest BCUT2D eigenvalue weighted by atomic mass is 79.9. The van der Waals surface area contributed by atoms with Crippen LogP contribution in [0.3, 0.4) is 0 Å². The minimum atomic E-state index is 0.454. The maximum atomic E-state index is 5.27. The average molecular weight is 167 g/mol. The number of hydrogen-bond acceptors (Lipinski definition) is 0. The lowest BCUT2D eigenvalue weighted by Crippen LogP contribution is -1.56. The molecule has 0 bridgehead atoms. The van der Waals surface area contributed by atoms with Crippen molar-refractivity contribution in [3.63, 3.8) is 0 Å². The van der Waals surface area contributed by atoms with Crippen LogP contribution in [0.2, 0.25) is 0 Å². The summed E-state index contributed by atoms with van der Waals surface area (Å²) in [5.74, 6) is 0. The van der Waals surface area contributed by atoms with Crippen LogP contribution in [0.15, 0.2) is 22.7 Å². The first-order valence-electron chi connectivity index (χ1n) is 1.34. The first-order chi connectivity index (χ1) is 2.64. The number of hydrogen-bond donors (Lipinski definition) is 0. The van der Waals surface area contributed by atoms with E-state index in [1.807, 2.05) is 0 Å². The molecule has 0 N–H and O–H groups in total. The van der Waals surface area contributed by atoms with E-state index in [0.717, 1.165) is 0 Å². The van der Waals surface area contributed by atoms with Gasteiger partial charge in [-0.1, -0.05) is 24.8 Å². The summed E-state index contributed by atoms with van der Waals surface area (Å²) in [6.07, 6.45) is 0. The van der Waals surface area contributed by atoms with E-state index in [2.05, 4.69) is 29.1 Å². The predicted molar refractivity (Wildman–Crippen MR) is 33.1 cm³/mol. The Bertz CT molecular complexity index is 73.5. The Morgan fingerprint density at radius 1 is 1.50 bits per heavy atom. The van der Waals surface area contributed by atoms with E-state index >= 15 is 0 Å². The summed E-state index contributed by atoms with van der Waals surface area (Å²) < 4.78 is 0.643. The van der Waals surface area contributed by atoms with Crippen LogP contribution >= 0.6 is 27.5 Å². The smallest absolute Gasteiger partial charge is 0.0470 e. The van der Waals surface area contributed by atoms with Crippen molar-refractivity contribution in [3.8, 4) is 0 Å². The van der Waals surface area contributed by atoms with E-state index in [4.69, 9.17) is 11.6 Å². The van der Waals surface area contributed by atoms with Gasteiger partial charge in [-0.15, -0.1) is 0 Å². The molecule has 0 unspecified atom stereocenters. The first-order valence-corrected chi connectivity index (χ1v) is 2.51. The summed E-state index contributed by atoms with van der Waals surface area (Å²) in [6, 6.07) is 0. The Hall–Kier alpha value is 0.250. The van der Waals surface area contributed by atoms with E-state index in [1.165, 1.54) is 0 Å². The van der Waals surface area contributed by atoms with Crippen molar-refractivity contribution in [2.24, 2.45) is 0 Å². The molecule has 6 heavy (non-hydrogen) atoms. The summed E-state index contributed by atoms with van der Waals surface area (Å²) in [4.78, 5) is 0. The zero-order valence-corrected chi connectivity index (χ0v) is 5.51. The normalized spacial score (nSPS) is 7.67. The summed E-state index contributed by atoms with van der Waals surface area (Å²) >= 11 is 8.28. The Kier molecular flexibility index (Phi) is 2.53. The highest BCUT2D eigenvalue weighted by Crippen LogP contribution is 2.14. The summed E-state index contributed by atoms with van der Waals surface area (Å²) in [7, 11) is 0. The van der Waals surface area contributed by atoms with Gasteiger partial charge in [0, 0.05) is 9.51 Å². The molecule has 0 aromatic heterocycles. The largest absolute Gasteiger partial charge is 0.0838 e. The quantitative estimate of drug-likeness (QED) is 0.527. The molecule has 0 saturated heterocycles. The van der Waals surface area contributed by atoms with Crippen molar-refractivity contribution in [1.29, 1.82) is 0 Å². The minimum Gasteiger partial charge on any atom is -0.0838 e. The molecule has 0 aliphatic heterocycles. The van der Waals surface area contributed by atoms with Gasteiger partial charge in [0.1, 0.15) is 0 Å². The Morgan fingerprint density at radius 3 is 1.67 bits per heavy atom. The van der Waals surface area contributed by atoms with Gasteiger partial charge in [0.25, 0.3) is 0 Å². The summed E-state index contributed by atoms with van der Waals surface area (Å²) in [6.45, 7) is 6.81. The molecule has 0 aromatic rings. The van der Waals surface area contributed by atoms with Crippen molar-refractivity contribution < 1.29 is 0 Å². The van der Waals surface area contributed by atoms with Gasteiger partial charge in [0.2, 0.25) is 0 Å². The highest BCUT2D eigenvalue weighted by Gasteiger charge is 1.83. The van der Waals surface area contributed by atoms with Crippen LogP contribution in [0.1, 0.15) is 0 Å². The molecule has 0 radical (unpaired) electrons. The van der Waals surface area contributed by atoms with Gasteiger partial charge in [0.15, 0.2) is 0 Å². The number of rotatable bonds is 1. The van der Waals surface area contributed by atoms with Crippen LogP contribution < -0.4 is 0 Å². The Morgan fingerprint density at radius 2 is 1.67 bits per heavy atom. The van der Waals surface area contributed by atoms with Crippen LogP contribution in [0.5, 0.6) is 0 Å². The van der Waals surface area contributed by atoms with Crippen LogP contribution in [-0.4, -0.2) is 0 Å².